The lowest BCUT2D eigenvalue weighted by molar-refractivity contribution is 0.405. The molecule has 0 aliphatic heterocycles. The van der Waals surface area contributed by atoms with Crippen molar-refractivity contribution >= 4 is 32.4 Å². The van der Waals surface area contributed by atoms with Crippen LogP contribution in [0.5, 0.6) is 0 Å². The molecule has 4 aromatic rings. The van der Waals surface area contributed by atoms with Gasteiger partial charge in [-0.3, -0.25) is 0 Å². The number of halogens is 1. The Morgan fingerprint density at radius 2 is 1.57 bits per heavy atom. The molecule has 3 aromatic carbocycles. The van der Waals surface area contributed by atoms with Crippen LogP contribution in [0.4, 0.5) is 0 Å². The first-order valence-electron chi connectivity index (χ1n) is 9.58. The van der Waals surface area contributed by atoms with E-state index < -0.39 is 16.1 Å². The molecule has 0 spiro atoms. The predicted molar refractivity (Wildman–Crippen MR) is 117 cm³/mol. The SMILES string of the molecule is O=S(=O)(N[C@H]1c2cccc3cccc(c23)[C@H]1NCc1ccco1)c1ccc(Cl)cc1. The van der Waals surface area contributed by atoms with Crippen molar-refractivity contribution < 1.29 is 12.8 Å². The Kier molecular flexibility index (Phi) is 4.87. The van der Waals surface area contributed by atoms with E-state index in [1.165, 1.54) is 12.1 Å². The van der Waals surface area contributed by atoms with Crippen molar-refractivity contribution in [2.45, 2.75) is 23.5 Å². The molecule has 5 rings (SSSR count). The van der Waals surface area contributed by atoms with Crippen molar-refractivity contribution in [3.05, 3.63) is 101 Å². The second-order valence-electron chi connectivity index (χ2n) is 7.28. The normalized spacial score (nSPS) is 18.2. The Morgan fingerprint density at radius 3 is 2.23 bits per heavy atom. The maximum absolute atomic E-state index is 13.1. The van der Waals surface area contributed by atoms with Gasteiger partial charge in [-0.05, 0) is 58.3 Å². The molecule has 0 fully saturated rings. The summed E-state index contributed by atoms with van der Waals surface area (Å²) < 4.78 is 34.7. The third kappa shape index (κ3) is 3.42. The van der Waals surface area contributed by atoms with Gasteiger partial charge < -0.3 is 9.73 Å². The van der Waals surface area contributed by atoms with Crippen LogP contribution in [0.1, 0.15) is 29.0 Å². The molecule has 0 unspecified atom stereocenters. The van der Waals surface area contributed by atoms with E-state index in [0.29, 0.717) is 11.6 Å². The van der Waals surface area contributed by atoms with Crippen LogP contribution in [0, 0.1) is 0 Å². The molecule has 1 heterocycles. The van der Waals surface area contributed by atoms with Crippen molar-refractivity contribution in [2.24, 2.45) is 0 Å². The van der Waals surface area contributed by atoms with Crippen LogP contribution in [0.15, 0.2) is 88.4 Å². The number of sulfonamides is 1. The zero-order chi connectivity index (χ0) is 20.7. The monoisotopic (exact) mass is 438 g/mol. The highest BCUT2D eigenvalue weighted by molar-refractivity contribution is 7.89. The van der Waals surface area contributed by atoms with Gasteiger partial charge in [0.15, 0.2) is 0 Å². The van der Waals surface area contributed by atoms with Crippen LogP contribution in [0.2, 0.25) is 5.02 Å². The minimum absolute atomic E-state index is 0.180. The average Bonchev–Trinajstić information content (AvgIpc) is 3.35. The molecular weight excluding hydrogens is 420 g/mol. The number of rotatable bonds is 6. The summed E-state index contributed by atoms with van der Waals surface area (Å²) in [5.74, 6) is 0.789. The standard InChI is InChI=1S/C23H19ClN2O3S/c24-16-9-11-18(12-10-16)30(27,28)26-23-20-8-2-5-15-4-1-7-19(21(15)20)22(23)25-14-17-6-3-13-29-17/h1-13,22-23,25-26H,14H2/t22-,23+/m1/s1. The quantitative estimate of drug-likeness (QED) is 0.446. The van der Waals surface area contributed by atoms with Crippen LogP contribution in [-0.4, -0.2) is 8.42 Å². The molecule has 0 bridgehead atoms. The minimum atomic E-state index is -3.75. The third-order valence-corrected chi connectivity index (χ3v) is 7.16. The van der Waals surface area contributed by atoms with E-state index in [1.807, 2.05) is 48.5 Å². The second kappa shape index (κ2) is 7.56. The fourth-order valence-corrected chi connectivity index (χ4v) is 5.46. The molecule has 2 atom stereocenters. The van der Waals surface area contributed by atoms with Gasteiger partial charge in [-0.25, -0.2) is 13.1 Å². The summed E-state index contributed by atoms with van der Waals surface area (Å²) >= 11 is 5.93. The van der Waals surface area contributed by atoms with Gasteiger partial charge in [-0.15, -0.1) is 0 Å². The van der Waals surface area contributed by atoms with Crippen molar-refractivity contribution in [1.82, 2.24) is 10.0 Å². The highest BCUT2D eigenvalue weighted by Crippen LogP contribution is 2.44. The Balaban J connectivity index is 1.54. The summed E-state index contributed by atoms with van der Waals surface area (Å²) in [6.07, 6.45) is 1.63. The summed E-state index contributed by atoms with van der Waals surface area (Å²) in [5, 5.41) is 6.14. The van der Waals surface area contributed by atoms with E-state index >= 15 is 0 Å². The van der Waals surface area contributed by atoms with Gasteiger partial charge in [-0.1, -0.05) is 48.0 Å². The lowest BCUT2D eigenvalue weighted by Gasteiger charge is -2.24. The maximum atomic E-state index is 13.1. The Hall–Kier alpha value is -2.64. The molecule has 5 nitrogen and oxygen atoms in total. The summed E-state index contributed by atoms with van der Waals surface area (Å²) in [7, 11) is -3.75. The number of nitrogens with one attached hydrogen (secondary N) is 2. The molecule has 1 aromatic heterocycles. The first kappa shape index (κ1) is 19.3. The van der Waals surface area contributed by atoms with Crippen LogP contribution in [0.3, 0.4) is 0 Å². The number of hydrogen-bond acceptors (Lipinski definition) is 4. The van der Waals surface area contributed by atoms with Gasteiger partial charge in [0.1, 0.15) is 5.76 Å². The topological polar surface area (TPSA) is 71.3 Å². The highest BCUT2D eigenvalue weighted by atomic mass is 35.5. The van der Waals surface area contributed by atoms with Crippen LogP contribution in [0.25, 0.3) is 10.8 Å². The first-order chi connectivity index (χ1) is 14.5. The van der Waals surface area contributed by atoms with Gasteiger partial charge >= 0.3 is 0 Å². The van der Waals surface area contributed by atoms with E-state index in [0.717, 1.165) is 27.7 Å². The van der Waals surface area contributed by atoms with Crippen LogP contribution in [-0.2, 0) is 16.6 Å². The van der Waals surface area contributed by atoms with Gasteiger partial charge in [0.25, 0.3) is 0 Å². The summed E-state index contributed by atoms with van der Waals surface area (Å²) in [4.78, 5) is 0.180. The fourth-order valence-electron chi connectivity index (χ4n) is 4.11. The van der Waals surface area contributed by atoms with Crippen molar-refractivity contribution in [3.8, 4) is 0 Å². The lowest BCUT2D eigenvalue weighted by atomic mass is 10.0. The smallest absolute Gasteiger partial charge is 0.241 e. The molecule has 0 saturated heterocycles. The maximum Gasteiger partial charge on any atom is 0.241 e. The molecule has 0 radical (unpaired) electrons. The van der Waals surface area contributed by atoms with Crippen LogP contribution < -0.4 is 10.0 Å². The van der Waals surface area contributed by atoms with Gasteiger partial charge in [0.05, 0.1) is 29.8 Å². The molecule has 30 heavy (non-hydrogen) atoms. The number of furan rings is 1. The minimum Gasteiger partial charge on any atom is -0.468 e. The largest absolute Gasteiger partial charge is 0.468 e. The highest BCUT2D eigenvalue weighted by Gasteiger charge is 2.37. The van der Waals surface area contributed by atoms with Crippen molar-refractivity contribution in [1.29, 1.82) is 0 Å². The number of benzene rings is 3. The summed E-state index contributed by atoms with van der Waals surface area (Å²) in [6.45, 7) is 0.487. The molecule has 0 saturated carbocycles. The zero-order valence-corrected chi connectivity index (χ0v) is 17.5. The van der Waals surface area contributed by atoms with Crippen LogP contribution >= 0.6 is 11.6 Å². The van der Waals surface area contributed by atoms with E-state index in [-0.39, 0.29) is 10.9 Å². The average molecular weight is 439 g/mol. The Morgan fingerprint density at radius 1 is 0.867 bits per heavy atom. The summed E-state index contributed by atoms with van der Waals surface area (Å²) in [5.41, 5.74) is 2.02. The van der Waals surface area contributed by atoms with Gasteiger partial charge in [-0.2, -0.15) is 0 Å². The number of hydrogen-bond donors (Lipinski definition) is 2. The molecular formula is C23H19ClN2O3S. The van der Waals surface area contributed by atoms with E-state index in [9.17, 15) is 8.42 Å². The van der Waals surface area contributed by atoms with Crippen molar-refractivity contribution in [2.75, 3.05) is 0 Å². The Labute approximate surface area is 179 Å². The van der Waals surface area contributed by atoms with Gasteiger partial charge in [0.2, 0.25) is 10.0 Å². The fraction of sp³-hybridized carbons (Fsp3) is 0.130. The first-order valence-corrected chi connectivity index (χ1v) is 11.4. The van der Waals surface area contributed by atoms with E-state index in [2.05, 4.69) is 10.0 Å². The lowest BCUT2D eigenvalue weighted by Crippen LogP contribution is -2.36. The predicted octanol–water partition coefficient (Wildman–Crippen LogP) is 4.95. The molecule has 7 heteroatoms. The van der Waals surface area contributed by atoms with E-state index in [4.69, 9.17) is 16.0 Å². The Bertz CT molecular complexity index is 1300. The summed E-state index contributed by atoms with van der Waals surface area (Å²) in [6, 6.07) is 21.3. The molecule has 152 valence electrons. The van der Waals surface area contributed by atoms with Crippen molar-refractivity contribution in [3.63, 3.8) is 0 Å². The molecule has 1 aliphatic carbocycles. The van der Waals surface area contributed by atoms with E-state index in [1.54, 1.807) is 18.4 Å². The second-order valence-corrected chi connectivity index (χ2v) is 9.43. The van der Waals surface area contributed by atoms with Gasteiger partial charge in [0, 0.05) is 5.02 Å². The molecule has 0 amide bonds. The zero-order valence-electron chi connectivity index (χ0n) is 15.9. The molecule has 2 N–H and O–H groups in total. The third-order valence-electron chi connectivity index (χ3n) is 5.45. The molecule has 1 aliphatic rings.